The molecule has 0 aliphatic heterocycles. The number of halogens is 1. The van der Waals surface area contributed by atoms with Crippen molar-refractivity contribution in [1.29, 1.82) is 0 Å². The van der Waals surface area contributed by atoms with Gasteiger partial charge in [0.1, 0.15) is 5.75 Å². The van der Waals surface area contributed by atoms with Gasteiger partial charge in [0.05, 0.1) is 25.1 Å². The lowest BCUT2D eigenvalue weighted by atomic mass is 10.0. The number of hydrogen-bond donors (Lipinski definition) is 0. The smallest absolute Gasteiger partial charge is 0.151 e. The molecule has 0 fully saturated rings. The second-order valence-corrected chi connectivity index (χ2v) is 5.99. The first kappa shape index (κ1) is 14.2. The molecule has 23 heavy (non-hydrogen) atoms. The topological polar surface area (TPSA) is 23.4 Å². The molecule has 4 aromatic rings. The Morgan fingerprint density at radius 1 is 0.870 bits per heavy atom. The molecule has 0 bridgehead atoms. The lowest BCUT2D eigenvalue weighted by molar-refractivity contribution is 0.416. The summed E-state index contributed by atoms with van der Waals surface area (Å²) >= 11 is 6.23. The standard InChI is InChI=1S/C19H16ClNO2/c1-21-15-9-8-11(20)10-14(15)16-17(21)19(23-3)13-7-5-4-6-12(13)18(16)22-2/h4-10H,1-3H3. The van der Waals surface area contributed by atoms with E-state index in [1.54, 1.807) is 14.2 Å². The van der Waals surface area contributed by atoms with Gasteiger partial charge in [0, 0.05) is 33.7 Å². The quantitative estimate of drug-likeness (QED) is 0.508. The Morgan fingerprint density at radius 3 is 2.17 bits per heavy atom. The largest absolute Gasteiger partial charge is 0.495 e. The van der Waals surface area contributed by atoms with Crippen LogP contribution in [0.3, 0.4) is 0 Å². The molecule has 1 heterocycles. The molecule has 0 aliphatic carbocycles. The predicted octanol–water partition coefficient (Wildman–Crippen LogP) is 5.16. The van der Waals surface area contributed by atoms with Crippen molar-refractivity contribution >= 4 is 44.2 Å². The zero-order valence-corrected chi connectivity index (χ0v) is 13.9. The van der Waals surface area contributed by atoms with Crippen LogP contribution in [-0.2, 0) is 7.05 Å². The molecule has 0 unspecified atom stereocenters. The first-order valence-electron chi connectivity index (χ1n) is 7.37. The van der Waals surface area contributed by atoms with Crippen molar-refractivity contribution in [1.82, 2.24) is 4.57 Å². The Hall–Kier alpha value is -2.39. The van der Waals surface area contributed by atoms with Gasteiger partial charge >= 0.3 is 0 Å². The molecule has 0 saturated carbocycles. The van der Waals surface area contributed by atoms with E-state index in [-0.39, 0.29) is 0 Å². The summed E-state index contributed by atoms with van der Waals surface area (Å²) < 4.78 is 13.7. The highest BCUT2D eigenvalue weighted by Crippen LogP contribution is 2.46. The van der Waals surface area contributed by atoms with Crippen molar-refractivity contribution in [2.45, 2.75) is 0 Å². The first-order chi connectivity index (χ1) is 11.2. The van der Waals surface area contributed by atoms with E-state index in [0.717, 1.165) is 44.1 Å². The third kappa shape index (κ3) is 1.83. The molecule has 0 spiro atoms. The number of aromatic nitrogens is 1. The highest BCUT2D eigenvalue weighted by Gasteiger charge is 2.21. The molecule has 0 atom stereocenters. The number of aryl methyl sites for hydroxylation is 1. The molecule has 1 aromatic heterocycles. The van der Waals surface area contributed by atoms with E-state index in [1.807, 2.05) is 37.4 Å². The van der Waals surface area contributed by atoms with Crippen molar-refractivity contribution in [2.24, 2.45) is 7.05 Å². The zero-order valence-electron chi connectivity index (χ0n) is 13.2. The second kappa shape index (κ2) is 5.07. The van der Waals surface area contributed by atoms with Crippen LogP contribution in [0.25, 0.3) is 32.6 Å². The van der Waals surface area contributed by atoms with Gasteiger partial charge in [-0.2, -0.15) is 0 Å². The Balaban J connectivity index is 2.40. The lowest BCUT2D eigenvalue weighted by Gasteiger charge is -2.13. The van der Waals surface area contributed by atoms with Gasteiger partial charge in [-0.3, -0.25) is 0 Å². The molecule has 3 nitrogen and oxygen atoms in total. The molecule has 0 radical (unpaired) electrons. The van der Waals surface area contributed by atoms with Gasteiger partial charge in [-0.1, -0.05) is 35.9 Å². The molecule has 3 aromatic carbocycles. The summed E-state index contributed by atoms with van der Waals surface area (Å²) in [6.07, 6.45) is 0. The van der Waals surface area contributed by atoms with E-state index < -0.39 is 0 Å². The third-order valence-corrected chi connectivity index (χ3v) is 4.66. The van der Waals surface area contributed by atoms with Crippen LogP contribution in [0.2, 0.25) is 5.02 Å². The van der Waals surface area contributed by atoms with Crippen molar-refractivity contribution < 1.29 is 9.47 Å². The van der Waals surface area contributed by atoms with Gasteiger partial charge in [-0.15, -0.1) is 0 Å². The van der Waals surface area contributed by atoms with E-state index >= 15 is 0 Å². The third-order valence-electron chi connectivity index (χ3n) is 4.43. The van der Waals surface area contributed by atoms with E-state index in [0.29, 0.717) is 5.02 Å². The first-order valence-corrected chi connectivity index (χ1v) is 7.75. The molecule has 0 aliphatic rings. The maximum atomic E-state index is 6.23. The molecule has 0 amide bonds. The van der Waals surface area contributed by atoms with Gasteiger partial charge in [-0.05, 0) is 18.2 Å². The Labute approximate surface area is 139 Å². The molecule has 0 saturated heterocycles. The molecule has 116 valence electrons. The summed E-state index contributed by atoms with van der Waals surface area (Å²) in [4.78, 5) is 0. The van der Waals surface area contributed by atoms with E-state index in [2.05, 4.69) is 16.7 Å². The fourth-order valence-corrected chi connectivity index (χ4v) is 3.64. The van der Waals surface area contributed by atoms with E-state index in [1.165, 1.54) is 0 Å². The normalized spacial score (nSPS) is 11.5. The minimum absolute atomic E-state index is 0.708. The summed E-state index contributed by atoms with van der Waals surface area (Å²) in [6.45, 7) is 0. The number of fused-ring (bicyclic) bond motifs is 4. The molecule has 0 N–H and O–H groups in total. The average Bonchev–Trinajstić information content (AvgIpc) is 2.85. The Morgan fingerprint density at radius 2 is 1.52 bits per heavy atom. The van der Waals surface area contributed by atoms with Crippen molar-refractivity contribution in [3.8, 4) is 11.5 Å². The minimum atomic E-state index is 0.708. The molecule has 4 rings (SSSR count). The fraction of sp³-hybridized carbons (Fsp3) is 0.158. The van der Waals surface area contributed by atoms with Crippen LogP contribution in [0, 0.1) is 0 Å². The highest BCUT2D eigenvalue weighted by molar-refractivity contribution is 6.32. The number of nitrogens with zero attached hydrogens (tertiary/aromatic N) is 1. The SMILES string of the molecule is COc1c2ccccc2c(OC)c2c1c1cc(Cl)ccc1n2C. The van der Waals surface area contributed by atoms with Gasteiger partial charge in [0.15, 0.2) is 5.75 Å². The van der Waals surface area contributed by atoms with Gasteiger partial charge in [-0.25, -0.2) is 0 Å². The van der Waals surface area contributed by atoms with Gasteiger partial charge in [0.2, 0.25) is 0 Å². The van der Waals surface area contributed by atoms with E-state index in [4.69, 9.17) is 21.1 Å². The Bertz CT molecular complexity index is 1070. The van der Waals surface area contributed by atoms with Crippen LogP contribution in [0.1, 0.15) is 0 Å². The zero-order chi connectivity index (χ0) is 16.1. The lowest BCUT2D eigenvalue weighted by Crippen LogP contribution is -1.95. The monoisotopic (exact) mass is 325 g/mol. The fourth-order valence-electron chi connectivity index (χ4n) is 3.47. The van der Waals surface area contributed by atoms with Crippen LogP contribution >= 0.6 is 11.6 Å². The highest BCUT2D eigenvalue weighted by atomic mass is 35.5. The summed E-state index contributed by atoms with van der Waals surface area (Å²) in [6, 6.07) is 14.0. The molecular formula is C19H16ClNO2. The minimum Gasteiger partial charge on any atom is -0.495 e. The van der Waals surface area contributed by atoms with Crippen LogP contribution in [0.4, 0.5) is 0 Å². The number of benzene rings is 3. The number of rotatable bonds is 2. The average molecular weight is 326 g/mol. The van der Waals surface area contributed by atoms with Crippen molar-refractivity contribution in [3.63, 3.8) is 0 Å². The maximum Gasteiger partial charge on any atom is 0.151 e. The van der Waals surface area contributed by atoms with Gasteiger partial charge in [0.25, 0.3) is 0 Å². The predicted molar refractivity (Wildman–Crippen MR) is 96.0 cm³/mol. The molecular weight excluding hydrogens is 310 g/mol. The second-order valence-electron chi connectivity index (χ2n) is 5.56. The number of methoxy groups -OCH3 is 2. The van der Waals surface area contributed by atoms with Crippen molar-refractivity contribution in [3.05, 3.63) is 47.5 Å². The van der Waals surface area contributed by atoms with E-state index in [9.17, 15) is 0 Å². The maximum absolute atomic E-state index is 6.23. The van der Waals surface area contributed by atoms with Crippen LogP contribution in [-0.4, -0.2) is 18.8 Å². The number of hydrogen-bond acceptors (Lipinski definition) is 2. The number of ether oxygens (including phenoxy) is 2. The summed E-state index contributed by atoms with van der Waals surface area (Å²) in [5.74, 6) is 1.70. The summed E-state index contributed by atoms with van der Waals surface area (Å²) in [5, 5.41) is 4.88. The summed E-state index contributed by atoms with van der Waals surface area (Å²) in [7, 11) is 5.45. The van der Waals surface area contributed by atoms with Crippen LogP contribution in [0.15, 0.2) is 42.5 Å². The van der Waals surface area contributed by atoms with Crippen molar-refractivity contribution in [2.75, 3.05) is 14.2 Å². The van der Waals surface area contributed by atoms with Gasteiger partial charge < -0.3 is 14.0 Å². The summed E-state index contributed by atoms with van der Waals surface area (Å²) in [5.41, 5.74) is 2.11. The Kier molecular flexibility index (Phi) is 3.13. The van der Waals surface area contributed by atoms with Crippen LogP contribution < -0.4 is 9.47 Å². The molecule has 4 heteroatoms. The van der Waals surface area contributed by atoms with Crippen LogP contribution in [0.5, 0.6) is 11.5 Å².